The molecule has 132 valence electrons. The van der Waals surface area contributed by atoms with E-state index in [4.69, 9.17) is 4.74 Å². The molecule has 24 heavy (non-hydrogen) atoms. The summed E-state index contributed by atoms with van der Waals surface area (Å²) < 4.78 is 5.17. The molecule has 0 radical (unpaired) electrons. The number of ether oxygens (including phenoxy) is 1. The van der Waals surface area contributed by atoms with Crippen LogP contribution in [0, 0.1) is 0 Å². The van der Waals surface area contributed by atoms with E-state index >= 15 is 0 Å². The van der Waals surface area contributed by atoms with Gasteiger partial charge in [-0.3, -0.25) is 9.89 Å². The molecule has 0 saturated carbocycles. The Morgan fingerprint density at radius 1 is 1.42 bits per heavy atom. The third kappa shape index (κ3) is 5.07. The minimum Gasteiger partial charge on any atom is -0.444 e. The molecule has 0 atom stereocenters. The maximum Gasteiger partial charge on any atom is 0.408 e. The van der Waals surface area contributed by atoms with E-state index in [1.165, 1.54) is 6.08 Å². The zero-order valence-corrected chi connectivity index (χ0v) is 14.5. The van der Waals surface area contributed by atoms with Gasteiger partial charge in [0.15, 0.2) is 5.82 Å². The molecule has 0 aliphatic carbocycles. The molecular formula is C16H25N5O3. The van der Waals surface area contributed by atoms with Gasteiger partial charge in [-0.1, -0.05) is 6.58 Å². The normalized spacial score (nSPS) is 15.9. The van der Waals surface area contributed by atoms with Crippen molar-refractivity contribution in [2.45, 2.75) is 51.7 Å². The van der Waals surface area contributed by atoms with E-state index in [1.807, 2.05) is 20.8 Å². The Morgan fingerprint density at radius 2 is 2.08 bits per heavy atom. The number of hydrogen-bond donors (Lipinski definition) is 2. The van der Waals surface area contributed by atoms with Gasteiger partial charge in [0.2, 0.25) is 5.91 Å². The molecule has 0 aromatic carbocycles. The SMILES string of the molecule is C=CC(=O)N1CCC(c2n[nH]c(CNC(=O)OC(C)(C)C)n2)CC1. The molecule has 2 amide bonds. The van der Waals surface area contributed by atoms with Gasteiger partial charge in [-0.15, -0.1) is 0 Å². The molecule has 8 nitrogen and oxygen atoms in total. The highest BCUT2D eigenvalue weighted by atomic mass is 16.6. The maximum atomic E-state index is 11.6. The largest absolute Gasteiger partial charge is 0.444 e. The van der Waals surface area contributed by atoms with Crippen molar-refractivity contribution in [3.8, 4) is 0 Å². The Hall–Kier alpha value is -2.38. The molecule has 0 bridgehead atoms. The van der Waals surface area contributed by atoms with Crippen LogP contribution in [0.5, 0.6) is 0 Å². The minimum absolute atomic E-state index is 0.0364. The van der Waals surface area contributed by atoms with Gasteiger partial charge in [-0.2, -0.15) is 5.10 Å². The van der Waals surface area contributed by atoms with Crippen LogP contribution >= 0.6 is 0 Å². The van der Waals surface area contributed by atoms with Crippen LogP contribution in [0.1, 0.15) is 51.2 Å². The predicted octanol–water partition coefficient (Wildman–Crippen LogP) is 1.72. The van der Waals surface area contributed by atoms with Gasteiger partial charge in [0, 0.05) is 19.0 Å². The fraction of sp³-hybridized carbons (Fsp3) is 0.625. The second-order valence-corrected chi connectivity index (χ2v) is 6.80. The lowest BCUT2D eigenvalue weighted by Gasteiger charge is -2.29. The molecule has 2 rings (SSSR count). The zero-order chi connectivity index (χ0) is 17.7. The van der Waals surface area contributed by atoms with E-state index in [-0.39, 0.29) is 18.4 Å². The van der Waals surface area contributed by atoms with Crippen molar-refractivity contribution in [3.63, 3.8) is 0 Å². The molecule has 0 unspecified atom stereocenters. The summed E-state index contributed by atoms with van der Waals surface area (Å²) in [7, 11) is 0. The maximum absolute atomic E-state index is 11.6. The van der Waals surface area contributed by atoms with E-state index in [2.05, 4.69) is 27.1 Å². The zero-order valence-electron chi connectivity index (χ0n) is 14.5. The third-order valence-electron chi connectivity index (χ3n) is 3.69. The first kappa shape index (κ1) is 18.0. The quantitative estimate of drug-likeness (QED) is 0.816. The fourth-order valence-corrected chi connectivity index (χ4v) is 2.53. The van der Waals surface area contributed by atoms with Crippen molar-refractivity contribution in [3.05, 3.63) is 24.3 Å². The van der Waals surface area contributed by atoms with Crippen LogP contribution in [0.25, 0.3) is 0 Å². The standard InChI is InChI=1S/C16H25N5O3/c1-5-13(22)21-8-6-11(7-9-21)14-18-12(19-20-14)10-17-15(23)24-16(2,3)4/h5,11H,1,6-10H2,2-4H3,(H,17,23)(H,18,19,20). The molecule has 8 heteroatoms. The number of aromatic amines is 1. The first-order valence-corrected chi connectivity index (χ1v) is 8.08. The van der Waals surface area contributed by atoms with Crippen LogP contribution in [0.2, 0.25) is 0 Å². The van der Waals surface area contributed by atoms with Gasteiger partial charge in [-0.25, -0.2) is 9.78 Å². The molecule has 2 N–H and O–H groups in total. The second-order valence-electron chi connectivity index (χ2n) is 6.80. The van der Waals surface area contributed by atoms with E-state index < -0.39 is 11.7 Å². The van der Waals surface area contributed by atoms with E-state index in [9.17, 15) is 9.59 Å². The molecule has 1 saturated heterocycles. The molecule has 1 aliphatic heterocycles. The summed E-state index contributed by atoms with van der Waals surface area (Å²) >= 11 is 0. The summed E-state index contributed by atoms with van der Waals surface area (Å²) in [5.41, 5.74) is -0.534. The lowest BCUT2D eigenvalue weighted by Crippen LogP contribution is -2.37. The topological polar surface area (TPSA) is 100 Å². The predicted molar refractivity (Wildman–Crippen MR) is 88.2 cm³/mol. The van der Waals surface area contributed by atoms with Crippen LogP contribution < -0.4 is 5.32 Å². The number of nitrogens with zero attached hydrogens (tertiary/aromatic N) is 3. The van der Waals surface area contributed by atoms with Gasteiger partial charge in [0.05, 0.1) is 6.54 Å². The lowest BCUT2D eigenvalue weighted by molar-refractivity contribution is -0.127. The molecule has 1 aromatic rings. The van der Waals surface area contributed by atoms with Crippen LogP contribution in [0.3, 0.4) is 0 Å². The van der Waals surface area contributed by atoms with Crippen LogP contribution in [-0.4, -0.2) is 50.8 Å². The number of carbonyl (C=O) groups is 2. The van der Waals surface area contributed by atoms with E-state index in [0.29, 0.717) is 18.9 Å². The van der Waals surface area contributed by atoms with Crippen molar-refractivity contribution in [2.75, 3.05) is 13.1 Å². The summed E-state index contributed by atoms with van der Waals surface area (Å²) in [6, 6.07) is 0. The number of aromatic nitrogens is 3. The van der Waals surface area contributed by atoms with Gasteiger partial charge < -0.3 is 15.0 Å². The van der Waals surface area contributed by atoms with Crippen molar-refractivity contribution in [2.24, 2.45) is 0 Å². The minimum atomic E-state index is -0.534. The highest BCUT2D eigenvalue weighted by Gasteiger charge is 2.25. The summed E-state index contributed by atoms with van der Waals surface area (Å²) in [4.78, 5) is 29.4. The number of amides is 2. The summed E-state index contributed by atoms with van der Waals surface area (Å²) in [5, 5.41) is 9.71. The molecule has 0 spiro atoms. The molecule has 1 fully saturated rings. The second kappa shape index (κ2) is 7.46. The van der Waals surface area contributed by atoms with Gasteiger partial charge >= 0.3 is 6.09 Å². The molecule has 1 aromatic heterocycles. The third-order valence-corrected chi connectivity index (χ3v) is 3.69. The van der Waals surface area contributed by atoms with E-state index in [1.54, 1.807) is 4.90 Å². The lowest BCUT2D eigenvalue weighted by atomic mass is 9.96. The van der Waals surface area contributed by atoms with Crippen molar-refractivity contribution in [1.82, 2.24) is 25.4 Å². The number of rotatable bonds is 4. The highest BCUT2D eigenvalue weighted by Crippen LogP contribution is 2.25. The van der Waals surface area contributed by atoms with Gasteiger partial charge in [0.1, 0.15) is 11.4 Å². The number of H-pyrrole nitrogens is 1. The Balaban J connectivity index is 1.82. The average molecular weight is 335 g/mol. The monoisotopic (exact) mass is 335 g/mol. The summed E-state index contributed by atoms with van der Waals surface area (Å²) in [6.07, 6.45) is 2.48. The molecule has 1 aliphatic rings. The van der Waals surface area contributed by atoms with Gasteiger partial charge in [-0.05, 0) is 39.7 Å². The van der Waals surface area contributed by atoms with Crippen LogP contribution in [0.15, 0.2) is 12.7 Å². The van der Waals surface area contributed by atoms with E-state index in [0.717, 1.165) is 18.7 Å². The summed E-state index contributed by atoms with van der Waals surface area (Å²) in [6.45, 7) is 10.5. The smallest absolute Gasteiger partial charge is 0.408 e. The van der Waals surface area contributed by atoms with Crippen molar-refractivity contribution < 1.29 is 14.3 Å². The number of piperidine rings is 1. The van der Waals surface area contributed by atoms with Crippen LogP contribution in [-0.2, 0) is 16.1 Å². The van der Waals surface area contributed by atoms with Crippen LogP contribution in [0.4, 0.5) is 4.79 Å². The Bertz CT molecular complexity index is 597. The van der Waals surface area contributed by atoms with Crippen molar-refractivity contribution in [1.29, 1.82) is 0 Å². The first-order chi connectivity index (χ1) is 11.3. The fourth-order valence-electron chi connectivity index (χ4n) is 2.53. The number of hydrogen-bond acceptors (Lipinski definition) is 5. The Kier molecular flexibility index (Phi) is 5.58. The number of alkyl carbamates (subject to hydrolysis) is 1. The Morgan fingerprint density at radius 3 is 2.67 bits per heavy atom. The Labute approximate surface area is 141 Å². The number of carbonyl (C=O) groups excluding carboxylic acids is 2. The van der Waals surface area contributed by atoms with Crippen molar-refractivity contribution >= 4 is 12.0 Å². The first-order valence-electron chi connectivity index (χ1n) is 8.08. The summed E-state index contributed by atoms with van der Waals surface area (Å²) in [5.74, 6) is 1.48. The molecular weight excluding hydrogens is 310 g/mol. The molecule has 2 heterocycles. The number of likely N-dealkylation sites (tertiary alicyclic amines) is 1. The van der Waals surface area contributed by atoms with Gasteiger partial charge in [0.25, 0.3) is 0 Å². The highest BCUT2D eigenvalue weighted by molar-refractivity contribution is 5.87. The average Bonchev–Trinajstić information content (AvgIpc) is 2.99. The number of nitrogens with one attached hydrogen (secondary N) is 2.